The summed E-state index contributed by atoms with van der Waals surface area (Å²) >= 11 is 5.79. The average molecular weight is 368 g/mol. The van der Waals surface area contributed by atoms with Crippen LogP contribution in [0, 0.1) is 5.82 Å². The molecule has 24 heavy (non-hydrogen) atoms. The van der Waals surface area contributed by atoms with Gasteiger partial charge in [0, 0.05) is 11.6 Å². The van der Waals surface area contributed by atoms with Gasteiger partial charge in [-0.15, -0.1) is 0 Å². The molecule has 0 bridgehead atoms. The predicted octanol–water partition coefficient (Wildman–Crippen LogP) is 4.09. The van der Waals surface area contributed by atoms with E-state index < -0.39 is 36.0 Å². The maximum atomic E-state index is 13.9. The Morgan fingerprint density at radius 1 is 1.33 bits per heavy atom. The van der Waals surface area contributed by atoms with E-state index in [1.54, 1.807) is 6.92 Å². The largest absolute Gasteiger partial charge is 0.480 e. The van der Waals surface area contributed by atoms with Crippen molar-refractivity contribution in [3.63, 3.8) is 0 Å². The quantitative estimate of drug-likeness (QED) is 0.588. The number of benzene rings is 1. The first kappa shape index (κ1) is 18.1. The summed E-state index contributed by atoms with van der Waals surface area (Å²) in [6.45, 7) is 1.25. The van der Waals surface area contributed by atoms with Crippen molar-refractivity contribution in [2.45, 2.75) is 13.1 Å². The van der Waals surface area contributed by atoms with Crippen LogP contribution in [0.25, 0.3) is 11.3 Å². The Hall–Kier alpha value is -2.29. The standard InChI is InChI=1S/C14H10ClF4NO4/c1-2-22-13(21)6-23-11-3-7(9(16)4-8(11)15)10-5-12(24-20-10)14(17,18)19/h3-5H,2,6H2,1H3. The fourth-order valence-corrected chi connectivity index (χ4v) is 1.92. The van der Waals surface area contributed by atoms with Gasteiger partial charge in [-0.05, 0) is 19.1 Å². The summed E-state index contributed by atoms with van der Waals surface area (Å²) in [5.41, 5.74) is -0.713. The van der Waals surface area contributed by atoms with E-state index in [0.717, 1.165) is 12.1 Å². The highest BCUT2D eigenvalue weighted by atomic mass is 35.5. The lowest BCUT2D eigenvalue weighted by atomic mass is 10.1. The third kappa shape index (κ3) is 4.16. The van der Waals surface area contributed by atoms with Gasteiger partial charge in [0.05, 0.1) is 11.6 Å². The maximum absolute atomic E-state index is 13.9. The van der Waals surface area contributed by atoms with Crippen LogP contribution in [0.1, 0.15) is 12.7 Å². The molecule has 5 nitrogen and oxygen atoms in total. The molecule has 1 aromatic heterocycles. The highest BCUT2D eigenvalue weighted by molar-refractivity contribution is 6.32. The van der Waals surface area contributed by atoms with Gasteiger partial charge in [-0.25, -0.2) is 9.18 Å². The van der Waals surface area contributed by atoms with Crippen molar-refractivity contribution in [2.75, 3.05) is 13.2 Å². The first-order valence-electron chi connectivity index (χ1n) is 6.54. The number of rotatable bonds is 5. The van der Waals surface area contributed by atoms with Gasteiger partial charge in [0.2, 0.25) is 5.76 Å². The number of ether oxygens (including phenoxy) is 2. The Bertz CT molecular complexity index is 745. The van der Waals surface area contributed by atoms with Crippen LogP contribution < -0.4 is 4.74 Å². The third-order valence-electron chi connectivity index (χ3n) is 2.74. The fraction of sp³-hybridized carbons (Fsp3) is 0.286. The van der Waals surface area contributed by atoms with Gasteiger partial charge >= 0.3 is 12.1 Å². The summed E-state index contributed by atoms with van der Waals surface area (Å²) in [5.74, 6) is -3.09. The first-order chi connectivity index (χ1) is 11.2. The third-order valence-corrected chi connectivity index (χ3v) is 3.03. The summed E-state index contributed by atoms with van der Waals surface area (Å²) in [6, 6.07) is 2.40. The molecule has 0 spiro atoms. The van der Waals surface area contributed by atoms with E-state index in [-0.39, 0.29) is 22.9 Å². The van der Waals surface area contributed by atoms with Crippen LogP contribution in [0.15, 0.2) is 22.7 Å². The molecule has 0 aliphatic heterocycles. The Balaban J connectivity index is 2.29. The van der Waals surface area contributed by atoms with Gasteiger partial charge in [-0.3, -0.25) is 0 Å². The van der Waals surface area contributed by atoms with Gasteiger partial charge in [0.25, 0.3) is 0 Å². The second-order valence-electron chi connectivity index (χ2n) is 4.43. The lowest BCUT2D eigenvalue weighted by Crippen LogP contribution is -2.14. The molecule has 1 aromatic carbocycles. The van der Waals surface area contributed by atoms with Crippen molar-refractivity contribution < 1.29 is 36.4 Å². The number of carbonyl (C=O) groups excluding carboxylic acids is 1. The molecular weight excluding hydrogens is 358 g/mol. The molecule has 10 heteroatoms. The van der Waals surface area contributed by atoms with E-state index in [9.17, 15) is 22.4 Å². The Labute approximate surface area is 138 Å². The molecular formula is C14H10ClF4NO4. The van der Waals surface area contributed by atoms with Crippen molar-refractivity contribution in [3.8, 4) is 17.0 Å². The van der Waals surface area contributed by atoms with E-state index in [0.29, 0.717) is 6.07 Å². The molecule has 0 atom stereocenters. The summed E-state index contributed by atoms with van der Waals surface area (Å²) in [4.78, 5) is 11.2. The van der Waals surface area contributed by atoms with E-state index in [2.05, 4.69) is 14.4 Å². The van der Waals surface area contributed by atoms with Crippen molar-refractivity contribution in [3.05, 3.63) is 34.8 Å². The number of carbonyl (C=O) groups is 1. The van der Waals surface area contributed by atoms with Gasteiger partial charge < -0.3 is 14.0 Å². The number of hydrogen-bond donors (Lipinski definition) is 0. The van der Waals surface area contributed by atoms with Crippen LogP contribution in [-0.4, -0.2) is 24.3 Å². The molecule has 0 radical (unpaired) electrons. The number of alkyl halides is 3. The van der Waals surface area contributed by atoms with Gasteiger partial charge in [-0.2, -0.15) is 13.2 Å². The van der Waals surface area contributed by atoms with Crippen LogP contribution in [0.2, 0.25) is 5.02 Å². The van der Waals surface area contributed by atoms with Crippen molar-refractivity contribution >= 4 is 17.6 Å². The molecule has 2 rings (SSSR count). The lowest BCUT2D eigenvalue weighted by Gasteiger charge is -2.09. The number of nitrogens with zero attached hydrogens (tertiary/aromatic N) is 1. The normalized spacial score (nSPS) is 11.4. The maximum Gasteiger partial charge on any atom is 0.452 e. The molecule has 0 aliphatic rings. The van der Waals surface area contributed by atoms with Crippen molar-refractivity contribution in [1.82, 2.24) is 5.16 Å². The molecule has 130 valence electrons. The molecule has 0 amide bonds. The van der Waals surface area contributed by atoms with Crippen LogP contribution in [0.4, 0.5) is 17.6 Å². The molecule has 0 aliphatic carbocycles. The van der Waals surface area contributed by atoms with E-state index in [1.165, 1.54) is 0 Å². The first-order valence-corrected chi connectivity index (χ1v) is 6.92. The van der Waals surface area contributed by atoms with Crippen LogP contribution in [0.5, 0.6) is 5.75 Å². The minimum atomic E-state index is -4.75. The van der Waals surface area contributed by atoms with Gasteiger partial charge in [0.15, 0.2) is 6.61 Å². The Kier molecular flexibility index (Phi) is 5.33. The van der Waals surface area contributed by atoms with Gasteiger partial charge in [-0.1, -0.05) is 16.8 Å². The molecule has 0 unspecified atom stereocenters. The number of esters is 1. The Morgan fingerprint density at radius 3 is 2.62 bits per heavy atom. The molecule has 1 heterocycles. The minimum absolute atomic E-state index is 0.113. The Morgan fingerprint density at radius 2 is 2.04 bits per heavy atom. The second-order valence-corrected chi connectivity index (χ2v) is 4.84. The SMILES string of the molecule is CCOC(=O)COc1cc(-c2cc(C(F)(F)F)on2)c(F)cc1Cl. The van der Waals surface area contributed by atoms with Crippen LogP contribution in [-0.2, 0) is 15.7 Å². The summed E-state index contributed by atoms with van der Waals surface area (Å²) in [7, 11) is 0. The zero-order chi connectivity index (χ0) is 17.9. The van der Waals surface area contributed by atoms with Crippen LogP contribution in [0.3, 0.4) is 0 Å². The van der Waals surface area contributed by atoms with E-state index in [4.69, 9.17) is 16.3 Å². The monoisotopic (exact) mass is 367 g/mol. The second kappa shape index (κ2) is 7.08. The molecule has 0 saturated carbocycles. The molecule has 0 fully saturated rings. The van der Waals surface area contributed by atoms with Crippen molar-refractivity contribution in [2.24, 2.45) is 0 Å². The van der Waals surface area contributed by atoms with Gasteiger partial charge in [0.1, 0.15) is 17.3 Å². The molecule has 0 saturated heterocycles. The van der Waals surface area contributed by atoms with Crippen LogP contribution >= 0.6 is 11.6 Å². The summed E-state index contributed by atoms with van der Waals surface area (Å²) in [6.07, 6.45) is -4.75. The molecule has 0 N–H and O–H groups in total. The van der Waals surface area contributed by atoms with E-state index in [1.807, 2.05) is 0 Å². The zero-order valence-corrected chi connectivity index (χ0v) is 12.9. The fourth-order valence-electron chi connectivity index (χ4n) is 1.71. The zero-order valence-electron chi connectivity index (χ0n) is 12.1. The van der Waals surface area contributed by atoms with E-state index >= 15 is 0 Å². The molecule has 2 aromatic rings. The average Bonchev–Trinajstić information content (AvgIpc) is 2.96. The minimum Gasteiger partial charge on any atom is -0.480 e. The number of halogens is 5. The number of aromatic nitrogens is 1. The highest BCUT2D eigenvalue weighted by Gasteiger charge is 2.36. The highest BCUT2D eigenvalue weighted by Crippen LogP contribution is 2.36. The number of hydrogen-bond acceptors (Lipinski definition) is 5. The lowest BCUT2D eigenvalue weighted by molar-refractivity contribution is -0.155. The van der Waals surface area contributed by atoms with Crippen molar-refractivity contribution in [1.29, 1.82) is 0 Å². The smallest absolute Gasteiger partial charge is 0.452 e. The summed E-state index contributed by atoms with van der Waals surface area (Å²) < 4.78 is 65.4. The predicted molar refractivity (Wildman–Crippen MR) is 74.0 cm³/mol. The topological polar surface area (TPSA) is 61.6 Å². The summed E-state index contributed by atoms with van der Waals surface area (Å²) in [5, 5.41) is 3.02.